The number of aromatic nitrogens is 2. The summed E-state index contributed by atoms with van der Waals surface area (Å²) in [7, 11) is 0. The minimum atomic E-state index is -0.755. The Morgan fingerprint density at radius 1 is 0.414 bits per heavy atom. The van der Waals surface area contributed by atoms with Gasteiger partial charge in [-0.2, -0.15) is 9.13 Å². The highest BCUT2D eigenvalue weighted by Gasteiger charge is 2.40. The van der Waals surface area contributed by atoms with Crippen molar-refractivity contribution in [2.24, 2.45) is 0 Å². The first-order valence-electron chi connectivity index (χ1n) is 24.2. The van der Waals surface area contributed by atoms with Crippen LogP contribution in [-0.2, 0) is 13.1 Å². The Morgan fingerprint density at radius 3 is 1.00 bits per heavy atom. The Balaban J connectivity index is 1.08. The number of nitrogens with zero attached hydrogens (tertiary/aromatic N) is 2. The van der Waals surface area contributed by atoms with Crippen LogP contribution in [0.4, 0.5) is 0 Å². The standard InChI is InChI=1S/C52H80N2O2S2/c1-3-5-7-9-11-13-15-17-19-21-23-25-27-33-39-53-45-35-29-31-37-47(45)57-49(53)41-43-51(55)44(52(43)56)42-50-54(46-36-30-32-38-48(46)58-50)40-34-28-26-24-22-20-18-16-14-12-10-8-6-4-2/h29-32,35-38,41-42,51-52,55-56H,3-28,33-34,39-40H2,1-2H3/q+2. The predicted octanol–water partition coefficient (Wildman–Crippen LogP) is 14.9. The Labute approximate surface area is 361 Å². The zero-order valence-electron chi connectivity index (χ0n) is 36.7. The number of aliphatic hydroxyl groups excluding tert-OH is 2. The first-order chi connectivity index (χ1) is 28.6. The fourth-order valence-corrected chi connectivity index (χ4v) is 11.2. The lowest BCUT2D eigenvalue weighted by molar-refractivity contribution is -0.669. The molecule has 4 nitrogen and oxygen atoms in total. The topological polar surface area (TPSA) is 48.2 Å². The molecule has 0 spiro atoms. The van der Waals surface area contributed by atoms with E-state index < -0.39 is 12.2 Å². The van der Waals surface area contributed by atoms with Gasteiger partial charge in [0.2, 0.25) is 11.0 Å². The van der Waals surface area contributed by atoms with Gasteiger partial charge in [-0.25, -0.2) is 0 Å². The van der Waals surface area contributed by atoms with Crippen LogP contribution in [0.5, 0.6) is 0 Å². The van der Waals surface area contributed by atoms with Gasteiger partial charge in [0.1, 0.15) is 21.6 Å². The van der Waals surface area contributed by atoms with Crippen LogP contribution in [0.25, 0.3) is 32.6 Å². The smallest absolute Gasteiger partial charge is 0.262 e. The van der Waals surface area contributed by atoms with Gasteiger partial charge in [-0.3, -0.25) is 0 Å². The van der Waals surface area contributed by atoms with Crippen LogP contribution in [0.15, 0.2) is 59.7 Å². The average Bonchev–Trinajstić information content (AvgIpc) is 3.78. The van der Waals surface area contributed by atoms with Crippen LogP contribution in [0.1, 0.15) is 204 Å². The lowest BCUT2D eigenvalue weighted by Crippen LogP contribution is -2.42. The van der Waals surface area contributed by atoms with E-state index in [1.54, 1.807) is 22.7 Å². The van der Waals surface area contributed by atoms with Crippen LogP contribution < -0.4 is 9.13 Å². The molecule has 0 atom stereocenters. The molecule has 0 bridgehead atoms. The molecule has 320 valence electrons. The van der Waals surface area contributed by atoms with Crippen molar-refractivity contribution >= 4 is 55.3 Å². The molecule has 2 aromatic carbocycles. The van der Waals surface area contributed by atoms with E-state index in [1.807, 2.05) is 0 Å². The van der Waals surface area contributed by atoms with Gasteiger partial charge in [-0.05, 0) is 25.0 Å². The van der Waals surface area contributed by atoms with E-state index in [2.05, 4.69) is 83.7 Å². The van der Waals surface area contributed by atoms with Gasteiger partial charge in [0.25, 0.3) is 10.0 Å². The summed E-state index contributed by atoms with van der Waals surface area (Å²) in [5, 5.41) is 25.3. The third kappa shape index (κ3) is 15.0. The second kappa shape index (κ2) is 27.5. The van der Waals surface area contributed by atoms with Crippen LogP contribution in [0, 0.1) is 0 Å². The van der Waals surface area contributed by atoms with E-state index >= 15 is 0 Å². The number of hydrogen-bond acceptors (Lipinski definition) is 4. The molecule has 5 rings (SSSR count). The summed E-state index contributed by atoms with van der Waals surface area (Å²) >= 11 is 3.54. The minimum Gasteiger partial charge on any atom is -0.384 e. The zero-order chi connectivity index (χ0) is 40.6. The molecule has 2 N–H and O–H groups in total. The fraction of sp³-hybridized carbons (Fsp3) is 0.654. The summed E-state index contributed by atoms with van der Waals surface area (Å²) < 4.78 is 7.36. The largest absolute Gasteiger partial charge is 0.384 e. The predicted molar refractivity (Wildman–Crippen MR) is 253 cm³/mol. The molecule has 0 saturated heterocycles. The summed E-state index contributed by atoms with van der Waals surface area (Å²) in [6.07, 6.45) is 40.8. The number of fused-ring (bicyclic) bond motifs is 2. The van der Waals surface area contributed by atoms with Crippen molar-refractivity contribution in [1.29, 1.82) is 0 Å². The summed E-state index contributed by atoms with van der Waals surface area (Å²) in [4.78, 5) is 0. The minimum absolute atomic E-state index is 0.715. The van der Waals surface area contributed by atoms with E-state index in [0.29, 0.717) is 11.1 Å². The zero-order valence-corrected chi connectivity index (χ0v) is 38.4. The van der Waals surface area contributed by atoms with Crippen LogP contribution in [0.3, 0.4) is 0 Å². The summed E-state index contributed by atoms with van der Waals surface area (Å²) in [5.74, 6) is 0. The van der Waals surface area contributed by atoms with E-state index in [9.17, 15) is 10.2 Å². The van der Waals surface area contributed by atoms with Crippen molar-refractivity contribution in [2.45, 2.75) is 219 Å². The van der Waals surface area contributed by atoms with E-state index in [1.165, 1.54) is 187 Å². The van der Waals surface area contributed by atoms with Crippen molar-refractivity contribution in [3.63, 3.8) is 0 Å². The fourth-order valence-electron chi connectivity index (χ4n) is 8.90. The van der Waals surface area contributed by atoms with Gasteiger partial charge in [-0.1, -0.05) is 215 Å². The molecular formula is C52H80N2O2S2+2. The van der Waals surface area contributed by atoms with Crippen molar-refractivity contribution in [3.05, 3.63) is 69.7 Å². The molecule has 1 fully saturated rings. The van der Waals surface area contributed by atoms with Gasteiger partial charge >= 0.3 is 0 Å². The molecular weight excluding hydrogens is 749 g/mol. The molecule has 58 heavy (non-hydrogen) atoms. The van der Waals surface area contributed by atoms with Gasteiger partial charge in [0, 0.05) is 48.3 Å². The van der Waals surface area contributed by atoms with E-state index in [-0.39, 0.29) is 0 Å². The van der Waals surface area contributed by atoms with Gasteiger partial charge in [0.05, 0.1) is 0 Å². The molecule has 1 saturated carbocycles. The number of thiazole rings is 2. The van der Waals surface area contributed by atoms with Crippen molar-refractivity contribution < 1.29 is 19.3 Å². The lowest BCUT2D eigenvalue weighted by Gasteiger charge is -2.34. The Bertz CT molecular complexity index is 1640. The third-order valence-corrected chi connectivity index (χ3v) is 14.8. The van der Waals surface area contributed by atoms with E-state index in [4.69, 9.17) is 0 Å². The summed E-state index contributed by atoms with van der Waals surface area (Å²) in [6, 6.07) is 17.3. The maximum Gasteiger partial charge on any atom is 0.262 e. The first-order valence-corrected chi connectivity index (χ1v) is 25.9. The normalized spacial score (nSPS) is 15.5. The van der Waals surface area contributed by atoms with Crippen molar-refractivity contribution in [3.8, 4) is 0 Å². The average molecular weight is 829 g/mol. The molecule has 0 amide bonds. The van der Waals surface area contributed by atoms with Gasteiger partial charge in [0.15, 0.2) is 13.1 Å². The molecule has 1 aliphatic carbocycles. The Kier molecular flexibility index (Phi) is 22.1. The first kappa shape index (κ1) is 46.7. The molecule has 0 unspecified atom stereocenters. The second-order valence-corrected chi connectivity index (χ2v) is 19.5. The van der Waals surface area contributed by atoms with Crippen LogP contribution in [-0.4, -0.2) is 22.4 Å². The number of rotatable bonds is 32. The highest BCUT2D eigenvalue weighted by atomic mass is 32.1. The molecule has 6 heteroatoms. The SMILES string of the molecule is CCCCCCCCCCCCCCCC[n+]1c(C=C2C(O)C(=Cc3sc4ccccc4[n+]3CCCCCCCCCCCCCCCC)C2O)sc2ccccc21. The number of benzene rings is 2. The molecule has 0 radical (unpaired) electrons. The van der Waals surface area contributed by atoms with Gasteiger partial charge in [-0.15, -0.1) is 0 Å². The molecule has 4 aromatic rings. The molecule has 0 aliphatic heterocycles. The second-order valence-electron chi connectivity index (χ2n) is 17.4. The summed E-state index contributed by atoms with van der Waals surface area (Å²) in [6.45, 7) is 6.52. The molecule has 2 aromatic heterocycles. The quantitative estimate of drug-likeness (QED) is 0.0380. The monoisotopic (exact) mass is 829 g/mol. The number of para-hydroxylation sites is 2. The van der Waals surface area contributed by atoms with Crippen molar-refractivity contribution in [1.82, 2.24) is 0 Å². The van der Waals surface area contributed by atoms with E-state index in [0.717, 1.165) is 35.9 Å². The lowest BCUT2D eigenvalue weighted by atomic mass is 9.79. The molecule has 1 aliphatic rings. The Hall–Kier alpha value is -2.38. The third-order valence-electron chi connectivity index (χ3n) is 12.6. The number of aliphatic hydroxyl groups is 2. The highest BCUT2D eigenvalue weighted by Crippen LogP contribution is 2.38. The number of unbranched alkanes of at least 4 members (excludes halogenated alkanes) is 26. The van der Waals surface area contributed by atoms with Crippen LogP contribution >= 0.6 is 22.7 Å². The number of hydrogen-bond donors (Lipinski definition) is 2. The maximum absolute atomic E-state index is 11.5. The summed E-state index contributed by atoms with van der Waals surface area (Å²) in [5.41, 5.74) is 3.94. The maximum atomic E-state index is 11.5. The van der Waals surface area contributed by atoms with Crippen molar-refractivity contribution in [2.75, 3.05) is 0 Å². The number of aryl methyl sites for hydroxylation is 2. The van der Waals surface area contributed by atoms with Crippen LogP contribution in [0.2, 0.25) is 0 Å². The van der Waals surface area contributed by atoms with Gasteiger partial charge < -0.3 is 10.2 Å². The Morgan fingerprint density at radius 2 is 0.690 bits per heavy atom. The molecule has 2 heterocycles. The highest BCUT2D eigenvalue weighted by molar-refractivity contribution is 7.19.